The maximum Gasteiger partial charge on any atom is 0.359 e. The lowest BCUT2D eigenvalue weighted by Crippen LogP contribution is -2.10. The van der Waals surface area contributed by atoms with Gasteiger partial charge in [0.15, 0.2) is 5.69 Å². The molecule has 2 N–H and O–H groups in total. The number of carbonyl (C=O) groups is 1. The molecular weight excluding hydrogens is 242 g/mol. The fraction of sp³-hybridized carbons (Fsp3) is 0.714. The molecule has 0 amide bonds. The maximum atomic E-state index is 12.0. The van der Waals surface area contributed by atoms with E-state index in [2.05, 4.69) is 25.9 Å². The number of nitrogen functional groups attached to an aromatic ring is 1. The summed E-state index contributed by atoms with van der Waals surface area (Å²) in [6.45, 7) is 9.12. The molecule has 108 valence electrons. The average Bonchev–Trinajstić information content (AvgIpc) is 2.73. The first-order valence-electron chi connectivity index (χ1n) is 7.09. The van der Waals surface area contributed by atoms with Gasteiger partial charge in [0.05, 0.1) is 6.61 Å². The minimum Gasteiger partial charge on any atom is -0.461 e. The van der Waals surface area contributed by atoms with Crippen LogP contribution in [-0.4, -0.2) is 22.4 Å². The van der Waals surface area contributed by atoms with Crippen LogP contribution in [0.2, 0.25) is 0 Å². The van der Waals surface area contributed by atoms with Crippen LogP contribution in [-0.2, 0) is 11.3 Å². The number of carbonyl (C=O) groups excluding carboxylic acids is 1. The van der Waals surface area contributed by atoms with E-state index < -0.39 is 0 Å². The van der Waals surface area contributed by atoms with Gasteiger partial charge in [-0.15, -0.1) is 0 Å². The van der Waals surface area contributed by atoms with Crippen molar-refractivity contribution < 1.29 is 9.53 Å². The number of anilines is 1. The largest absolute Gasteiger partial charge is 0.461 e. The van der Waals surface area contributed by atoms with E-state index in [0.717, 1.165) is 31.4 Å². The Morgan fingerprint density at radius 3 is 2.63 bits per heavy atom. The minimum atomic E-state index is -0.375. The van der Waals surface area contributed by atoms with Crippen molar-refractivity contribution >= 4 is 11.8 Å². The number of nitrogens with two attached hydrogens (primary N) is 1. The molecule has 0 saturated heterocycles. The summed E-state index contributed by atoms with van der Waals surface area (Å²) in [6.07, 6.45) is 2.97. The van der Waals surface area contributed by atoms with Crippen molar-refractivity contribution in [2.75, 3.05) is 12.3 Å². The lowest BCUT2D eigenvalue weighted by atomic mass is 9.98. The van der Waals surface area contributed by atoms with Crippen LogP contribution in [0.3, 0.4) is 0 Å². The summed E-state index contributed by atoms with van der Waals surface area (Å²) in [5.74, 6) is 0.431. The predicted molar refractivity (Wildman–Crippen MR) is 76.2 cm³/mol. The Morgan fingerprint density at radius 2 is 2.11 bits per heavy atom. The highest BCUT2D eigenvalue weighted by Gasteiger charge is 2.25. The Labute approximate surface area is 115 Å². The first-order chi connectivity index (χ1) is 9.06. The molecule has 0 aromatic carbocycles. The fourth-order valence-electron chi connectivity index (χ4n) is 2.01. The van der Waals surface area contributed by atoms with Gasteiger partial charge in [-0.25, -0.2) is 9.48 Å². The Kier molecular flexibility index (Phi) is 5.86. The molecule has 1 aromatic rings. The fourth-order valence-corrected chi connectivity index (χ4v) is 2.01. The average molecular weight is 267 g/mol. The number of rotatable bonds is 7. The van der Waals surface area contributed by atoms with E-state index in [-0.39, 0.29) is 11.9 Å². The second kappa shape index (κ2) is 7.16. The Bertz CT molecular complexity index is 427. The number of aryl methyl sites for hydroxylation is 1. The van der Waals surface area contributed by atoms with E-state index in [1.165, 1.54) is 0 Å². The standard InChI is InChI=1S/C14H25N3O2/c1-5-8-9-17-13(15)11(10(4)6-2)12(16-17)14(18)19-7-3/h10H,5-9,15H2,1-4H3. The smallest absolute Gasteiger partial charge is 0.359 e. The molecule has 1 rings (SSSR count). The van der Waals surface area contributed by atoms with Crippen LogP contribution >= 0.6 is 0 Å². The number of unbranched alkanes of at least 4 members (excludes halogenated alkanes) is 1. The number of ether oxygens (including phenoxy) is 1. The van der Waals surface area contributed by atoms with E-state index >= 15 is 0 Å². The summed E-state index contributed by atoms with van der Waals surface area (Å²) >= 11 is 0. The van der Waals surface area contributed by atoms with Crippen LogP contribution in [0.1, 0.15) is 68.9 Å². The molecule has 0 aliphatic heterocycles. The van der Waals surface area contributed by atoms with Crippen LogP contribution in [0.25, 0.3) is 0 Å². The third kappa shape index (κ3) is 3.49. The van der Waals surface area contributed by atoms with Gasteiger partial charge in [0.25, 0.3) is 0 Å². The normalized spacial score (nSPS) is 12.4. The topological polar surface area (TPSA) is 70.1 Å². The minimum absolute atomic E-state index is 0.204. The van der Waals surface area contributed by atoms with Crippen molar-refractivity contribution in [1.82, 2.24) is 9.78 Å². The molecule has 0 saturated carbocycles. The quantitative estimate of drug-likeness (QED) is 0.771. The molecule has 0 aliphatic rings. The monoisotopic (exact) mass is 267 g/mol. The van der Waals surface area contributed by atoms with Gasteiger partial charge in [-0.05, 0) is 25.7 Å². The molecular formula is C14H25N3O2. The zero-order valence-corrected chi connectivity index (χ0v) is 12.4. The first kappa shape index (κ1) is 15.5. The van der Waals surface area contributed by atoms with Gasteiger partial charge in [-0.1, -0.05) is 27.2 Å². The van der Waals surface area contributed by atoms with E-state index in [4.69, 9.17) is 10.5 Å². The van der Waals surface area contributed by atoms with E-state index in [1.54, 1.807) is 11.6 Å². The molecule has 1 heterocycles. The van der Waals surface area contributed by atoms with Gasteiger partial charge < -0.3 is 10.5 Å². The second-order valence-electron chi connectivity index (χ2n) is 4.75. The van der Waals surface area contributed by atoms with Crippen LogP contribution in [0.5, 0.6) is 0 Å². The number of esters is 1. The van der Waals surface area contributed by atoms with E-state index in [1.807, 2.05) is 0 Å². The molecule has 5 nitrogen and oxygen atoms in total. The van der Waals surface area contributed by atoms with Crippen LogP contribution in [0.4, 0.5) is 5.82 Å². The molecule has 1 atom stereocenters. The molecule has 0 bridgehead atoms. The van der Waals surface area contributed by atoms with Crippen molar-refractivity contribution in [3.8, 4) is 0 Å². The van der Waals surface area contributed by atoms with Crippen molar-refractivity contribution in [3.05, 3.63) is 11.3 Å². The van der Waals surface area contributed by atoms with Gasteiger partial charge in [0.1, 0.15) is 5.82 Å². The predicted octanol–water partition coefficient (Wildman–Crippen LogP) is 2.96. The van der Waals surface area contributed by atoms with Gasteiger partial charge in [0.2, 0.25) is 0 Å². The zero-order valence-electron chi connectivity index (χ0n) is 12.4. The Morgan fingerprint density at radius 1 is 1.42 bits per heavy atom. The Hall–Kier alpha value is -1.52. The highest BCUT2D eigenvalue weighted by Crippen LogP contribution is 2.29. The maximum absolute atomic E-state index is 12.0. The zero-order chi connectivity index (χ0) is 14.4. The van der Waals surface area contributed by atoms with Gasteiger partial charge >= 0.3 is 5.97 Å². The number of aromatic nitrogens is 2. The number of hydrogen-bond donors (Lipinski definition) is 1. The molecule has 0 radical (unpaired) electrons. The highest BCUT2D eigenvalue weighted by molar-refractivity contribution is 5.90. The molecule has 1 aromatic heterocycles. The van der Waals surface area contributed by atoms with Gasteiger partial charge in [0, 0.05) is 12.1 Å². The van der Waals surface area contributed by atoms with Crippen LogP contribution < -0.4 is 5.73 Å². The molecule has 0 aliphatic carbocycles. The summed E-state index contributed by atoms with van der Waals surface area (Å²) in [5.41, 5.74) is 7.36. The van der Waals surface area contributed by atoms with Crippen LogP contribution in [0, 0.1) is 0 Å². The number of nitrogens with zero attached hydrogens (tertiary/aromatic N) is 2. The van der Waals surface area contributed by atoms with E-state index in [9.17, 15) is 4.79 Å². The third-order valence-electron chi connectivity index (χ3n) is 3.33. The van der Waals surface area contributed by atoms with Crippen molar-refractivity contribution in [1.29, 1.82) is 0 Å². The summed E-state index contributed by atoms with van der Waals surface area (Å²) in [6, 6.07) is 0. The first-order valence-corrected chi connectivity index (χ1v) is 7.09. The summed E-state index contributed by atoms with van der Waals surface area (Å²) in [7, 11) is 0. The molecule has 5 heteroatoms. The van der Waals surface area contributed by atoms with E-state index in [0.29, 0.717) is 18.1 Å². The lowest BCUT2D eigenvalue weighted by Gasteiger charge is -2.10. The van der Waals surface area contributed by atoms with Gasteiger partial charge in [-0.2, -0.15) is 5.10 Å². The summed E-state index contributed by atoms with van der Waals surface area (Å²) in [4.78, 5) is 12.0. The van der Waals surface area contributed by atoms with Crippen molar-refractivity contribution in [2.45, 2.75) is 59.4 Å². The SMILES string of the molecule is CCCCn1nc(C(=O)OCC)c(C(C)CC)c1N. The molecule has 0 spiro atoms. The molecule has 0 fully saturated rings. The van der Waals surface area contributed by atoms with Crippen molar-refractivity contribution in [2.24, 2.45) is 0 Å². The second-order valence-corrected chi connectivity index (χ2v) is 4.75. The molecule has 19 heavy (non-hydrogen) atoms. The van der Waals surface area contributed by atoms with Crippen LogP contribution in [0.15, 0.2) is 0 Å². The number of hydrogen-bond acceptors (Lipinski definition) is 4. The van der Waals surface area contributed by atoms with Crippen molar-refractivity contribution in [3.63, 3.8) is 0 Å². The highest BCUT2D eigenvalue weighted by atomic mass is 16.5. The van der Waals surface area contributed by atoms with Gasteiger partial charge in [-0.3, -0.25) is 0 Å². The summed E-state index contributed by atoms with van der Waals surface area (Å²) < 4.78 is 6.80. The molecule has 1 unspecified atom stereocenters. The Balaban J connectivity index is 3.15. The third-order valence-corrected chi connectivity index (χ3v) is 3.33. The summed E-state index contributed by atoms with van der Waals surface area (Å²) in [5, 5.41) is 4.35. The lowest BCUT2D eigenvalue weighted by molar-refractivity contribution is 0.0516.